The minimum atomic E-state index is -1.32. The highest BCUT2D eigenvalue weighted by molar-refractivity contribution is 6.14. The van der Waals surface area contributed by atoms with Gasteiger partial charge in [0.25, 0.3) is 5.91 Å². The van der Waals surface area contributed by atoms with Gasteiger partial charge in [0.15, 0.2) is 5.69 Å². The van der Waals surface area contributed by atoms with Crippen molar-refractivity contribution in [2.24, 2.45) is 0 Å². The molecule has 2 N–H and O–H groups in total. The summed E-state index contributed by atoms with van der Waals surface area (Å²) in [5.74, 6) is -2.70. The zero-order valence-corrected chi connectivity index (χ0v) is 10.6. The SMILES string of the molecule is O=C1CN(C(=O)c2cc(C(=O)O)on2)c2ccccc2N1. The molecule has 2 heterocycles. The fraction of sp³-hybridized carbons (Fsp3) is 0.0769. The maximum absolute atomic E-state index is 12.4. The van der Waals surface area contributed by atoms with Crippen LogP contribution in [0, 0.1) is 0 Å². The van der Waals surface area contributed by atoms with E-state index in [0.717, 1.165) is 6.07 Å². The van der Waals surface area contributed by atoms with E-state index in [0.29, 0.717) is 11.4 Å². The van der Waals surface area contributed by atoms with Crippen molar-refractivity contribution >= 4 is 29.2 Å². The molecule has 0 atom stereocenters. The molecule has 0 unspecified atom stereocenters. The number of fused-ring (bicyclic) bond motifs is 1. The quantitative estimate of drug-likeness (QED) is 0.851. The lowest BCUT2D eigenvalue weighted by molar-refractivity contribution is -0.115. The molecule has 8 nitrogen and oxygen atoms in total. The fourth-order valence-electron chi connectivity index (χ4n) is 2.03. The third kappa shape index (κ3) is 2.22. The number of benzene rings is 1. The van der Waals surface area contributed by atoms with Crippen LogP contribution in [0.1, 0.15) is 21.0 Å². The molecule has 1 aliphatic heterocycles. The number of hydrogen-bond donors (Lipinski definition) is 2. The molecule has 3 rings (SSSR count). The van der Waals surface area contributed by atoms with E-state index in [4.69, 9.17) is 5.11 Å². The van der Waals surface area contributed by atoms with Gasteiger partial charge in [-0.05, 0) is 12.1 Å². The third-order valence-electron chi connectivity index (χ3n) is 2.96. The van der Waals surface area contributed by atoms with Crippen molar-refractivity contribution < 1.29 is 24.0 Å². The second-order valence-electron chi connectivity index (χ2n) is 4.34. The Labute approximate surface area is 117 Å². The molecule has 0 spiro atoms. The Balaban J connectivity index is 1.97. The van der Waals surface area contributed by atoms with Crippen molar-refractivity contribution in [2.45, 2.75) is 0 Å². The summed E-state index contributed by atoms with van der Waals surface area (Å²) in [6, 6.07) is 7.82. The van der Waals surface area contributed by atoms with Crippen LogP contribution in [0.25, 0.3) is 0 Å². The number of hydrogen-bond acceptors (Lipinski definition) is 5. The van der Waals surface area contributed by atoms with Gasteiger partial charge >= 0.3 is 5.97 Å². The molecule has 0 saturated carbocycles. The number of amides is 2. The van der Waals surface area contributed by atoms with Gasteiger partial charge in [0.2, 0.25) is 11.7 Å². The van der Waals surface area contributed by atoms with E-state index < -0.39 is 17.6 Å². The molecular weight excluding hydrogens is 278 g/mol. The highest BCUT2D eigenvalue weighted by Gasteiger charge is 2.29. The van der Waals surface area contributed by atoms with Crippen molar-refractivity contribution in [3.63, 3.8) is 0 Å². The molecule has 2 aromatic rings. The minimum Gasteiger partial charge on any atom is -0.475 e. The Bertz CT molecular complexity index is 752. The Morgan fingerprint density at radius 3 is 2.81 bits per heavy atom. The predicted octanol–water partition coefficient (Wildman–Crippen LogP) is 0.972. The maximum atomic E-state index is 12.4. The number of nitrogens with zero attached hydrogens (tertiary/aromatic N) is 2. The topological polar surface area (TPSA) is 113 Å². The standard InChI is InChI=1S/C13H9N3O5/c17-11-6-16(9-4-2-1-3-7(9)14-11)12(18)8-5-10(13(19)20)21-15-8/h1-5H,6H2,(H,14,17)(H,19,20). The molecular formula is C13H9N3O5. The Hall–Kier alpha value is -3.16. The van der Waals surface area contributed by atoms with Crippen LogP contribution in [0.4, 0.5) is 11.4 Å². The summed E-state index contributed by atoms with van der Waals surface area (Å²) in [5, 5.41) is 14.8. The first kappa shape index (κ1) is 12.9. The zero-order chi connectivity index (χ0) is 15.0. The van der Waals surface area contributed by atoms with Gasteiger partial charge in [-0.1, -0.05) is 17.3 Å². The van der Waals surface area contributed by atoms with E-state index in [1.165, 1.54) is 4.90 Å². The highest BCUT2D eigenvalue weighted by Crippen LogP contribution is 2.29. The van der Waals surface area contributed by atoms with E-state index in [2.05, 4.69) is 15.0 Å². The van der Waals surface area contributed by atoms with Crippen molar-refractivity contribution in [3.05, 3.63) is 41.8 Å². The van der Waals surface area contributed by atoms with Crippen LogP contribution in [0.3, 0.4) is 0 Å². The average molecular weight is 287 g/mol. The maximum Gasteiger partial charge on any atom is 0.374 e. The number of carboxylic acid groups (broad SMARTS) is 1. The van der Waals surface area contributed by atoms with Gasteiger partial charge in [-0.25, -0.2) is 4.79 Å². The number of aromatic carboxylic acids is 1. The Kier molecular flexibility index (Phi) is 2.90. The van der Waals surface area contributed by atoms with Gasteiger partial charge in [0, 0.05) is 6.07 Å². The van der Waals surface area contributed by atoms with Crippen molar-refractivity contribution in [1.82, 2.24) is 5.16 Å². The fourth-order valence-corrected chi connectivity index (χ4v) is 2.03. The van der Waals surface area contributed by atoms with Crippen LogP contribution in [-0.4, -0.2) is 34.6 Å². The number of rotatable bonds is 2. The first-order chi connectivity index (χ1) is 10.1. The molecule has 0 saturated heterocycles. The van der Waals surface area contributed by atoms with Crippen LogP contribution < -0.4 is 10.2 Å². The summed E-state index contributed by atoms with van der Waals surface area (Å²) < 4.78 is 4.56. The molecule has 106 valence electrons. The molecule has 0 radical (unpaired) electrons. The van der Waals surface area contributed by atoms with E-state index >= 15 is 0 Å². The second kappa shape index (κ2) is 4.75. The van der Waals surface area contributed by atoms with Gasteiger partial charge in [-0.2, -0.15) is 0 Å². The lowest BCUT2D eigenvalue weighted by Crippen LogP contribution is -2.42. The third-order valence-corrected chi connectivity index (χ3v) is 2.96. The number of carboxylic acids is 1. The lowest BCUT2D eigenvalue weighted by Gasteiger charge is -2.28. The molecule has 0 fully saturated rings. The molecule has 1 aromatic carbocycles. The second-order valence-corrected chi connectivity index (χ2v) is 4.34. The molecule has 0 aliphatic carbocycles. The largest absolute Gasteiger partial charge is 0.475 e. The molecule has 1 aromatic heterocycles. The summed E-state index contributed by atoms with van der Waals surface area (Å²) in [4.78, 5) is 36.0. The van der Waals surface area contributed by atoms with Crippen LogP contribution in [-0.2, 0) is 4.79 Å². The first-order valence-electron chi connectivity index (χ1n) is 5.97. The van der Waals surface area contributed by atoms with Gasteiger partial charge < -0.3 is 14.9 Å². The van der Waals surface area contributed by atoms with Gasteiger partial charge in [0.1, 0.15) is 6.54 Å². The highest BCUT2D eigenvalue weighted by atomic mass is 16.5. The van der Waals surface area contributed by atoms with Crippen LogP contribution in [0.2, 0.25) is 0 Å². The van der Waals surface area contributed by atoms with Gasteiger partial charge in [-0.15, -0.1) is 0 Å². The van der Waals surface area contributed by atoms with Gasteiger partial charge in [-0.3, -0.25) is 14.5 Å². The van der Waals surface area contributed by atoms with Crippen LogP contribution >= 0.6 is 0 Å². The smallest absolute Gasteiger partial charge is 0.374 e. The average Bonchev–Trinajstić information content (AvgIpc) is 2.95. The number of nitrogens with one attached hydrogen (secondary N) is 1. The summed E-state index contributed by atoms with van der Waals surface area (Å²) in [6.07, 6.45) is 0. The van der Waals surface area contributed by atoms with E-state index in [1.54, 1.807) is 24.3 Å². The summed E-state index contributed by atoms with van der Waals surface area (Å²) in [6.45, 7) is -0.175. The van der Waals surface area contributed by atoms with Crippen LogP contribution in [0.5, 0.6) is 0 Å². The lowest BCUT2D eigenvalue weighted by atomic mass is 10.1. The number of carbonyl (C=O) groups excluding carboxylic acids is 2. The van der Waals surface area contributed by atoms with Crippen molar-refractivity contribution in [2.75, 3.05) is 16.8 Å². The predicted molar refractivity (Wildman–Crippen MR) is 70.2 cm³/mol. The molecule has 21 heavy (non-hydrogen) atoms. The van der Waals surface area contributed by atoms with E-state index in [9.17, 15) is 14.4 Å². The number of para-hydroxylation sites is 2. The van der Waals surface area contributed by atoms with Gasteiger partial charge in [0.05, 0.1) is 11.4 Å². The van der Waals surface area contributed by atoms with E-state index in [-0.39, 0.29) is 18.1 Å². The summed E-state index contributed by atoms with van der Waals surface area (Å²) in [5.41, 5.74) is 0.850. The molecule has 2 amide bonds. The molecule has 0 bridgehead atoms. The number of anilines is 2. The Morgan fingerprint density at radius 1 is 1.33 bits per heavy atom. The minimum absolute atomic E-state index is 0.170. The van der Waals surface area contributed by atoms with E-state index in [1.807, 2.05) is 0 Å². The number of aromatic nitrogens is 1. The monoisotopic (exact) mass is 287 g/mol. The summed E-state index contributed by atoms with van der Waals surface area (Å²) in [7, 11) is 0. The normalized spacial score (nSPS) is 13.5. The Morgan fingerprint density at radius 2 is 2.10 bits per heavy atom. The molecule has 8 heteroatoms. The van der Waals surface area contributed by atoms with Crippen molar-refractivity contribution in [3.8, 4) is 0 Å². The zero-order valence-electron chi connectivity index (χ0n) is 10.6. The first-order valence-corrected chi connectivity index (χ1v) is 5.97. The summed E-state index contributed by atoms with van der Waals surface area (Å²) >= 11 is 0. The van der Waals surface area contributed by atoms with Crippen LogP contribution in [0.15, 0.2) is 34.9 Å². The number of carbonyl (C=O) groups is 3. The molecule has 1 aliphatic rings. The van der Waals surface area contributed by atoms with Crippen molar-refractivity contribution in [1.29, 1.82) is 0 Å².